The Morgan fingerprint density at radius 2 is 1.44 bits per heavy atom. The van der Waals surface area contributed by atoms with E-state index in [4.69, 9.17) is 19.8 Å². The van der Waals surface area contributed by atoms with Gasteiger partial charge in [0.15, 0.2) is 0 Å². The zero-order valence-corrected chi connectivity index (χ0v) is 16.7. The Balaban J connectivity index is 0.000000828. The molecule has 4 N–H and O–H groups in total. The second-order valence-corrected chi connectivity index (χ2v) is 7.64. The molecule has 1 aliphatic rings. The summed E-state index contributed by atoms with van der Waals surface area (Å²) in [6.07, 6.45) is 0. The van der Waals surface area contributed by atoms with E-state index in [9.17, 15) is 9.90 Å². The molecule has 1 heterocycles. The van der Waals surface area contributed by atoms with Crippen molar-refractivity contribution in [2.45, 2.75) is 38.9 Å². The van der Waals surface area contributed by atoms with E-state index in [1.165, 1.54) is 0 Å². The molecule has 0 radical (unpaired) electrons. The minimum Gasteiger partial charge on any atom is -0.485 e. The first-order valence-corrected chi connectivity index (χ1v) is 8.87. The number of ether oxygens (including phenoxy) is 1. The van der Waals surface area contributed by atoms with Crippen molar-refractivity contribution in [3.63, 3.8) is 0 Å². The van der Waals surface area contributed by atoms with Crippen LogP contribution >= 0.6 is 0 Å². The molecule has 0 unspecified atom stereocenters. The molecule has 27 heavy (non-hydrogen) atoms. The molecule has 1 saturated heterocycles. The first kappa shape index (κ1) is 23.4. The van der Waals surface area contributed by atoms with Crippen molar-refractivity contribution < 1.29 is 29.7 Å². The summed E-state index contributed by atoms with van der Waals surface area (Å²) in [4.78, 5) is 16.6. The van der Waals surface area contributed by atoms with E-state index >= 15 is 0 Å². The lowest BCUT2D eigenvalue weighted by molar-refractivity contribution is -0.0906. The van der Waals surface area contributed by atoms with Crippen molar-refractivity contribution in [1.82, 2.24) is 9.80 Å². The van der Waals surface area contributed by atoms with Gasteiger partial charge in [-0.1, -0.05) is 0 Å². The maximum absolute atomic E-state index is 12.5. The molecule has 1 aromatic carbocycles. The lowest BCUT2D eigenvalue weighted by atomic mass is 9.89. The largest absolute Gasteiger partial charge is 0.631 e. The summed E-state index contributed by atoms with van der Waals surface area (Å²) in [5, 5.41) is 31.7. The Kier molecular flexibility index (Phi) is 8.25. The fraction of sp³-hybridized carbons (Fsp3) is 0.611. The summed E-state index contributed by atoms with van der Waals surface area (Å²) in [5.41, 5.74) is -1.03. The van der Waals surface area contributed by atoms with Gasteiger partial charge in [-0.2, -0.15) is 0 Å². The highest BCUT2D eigenvalue weighted by atomic mass is 16.5. The Hall–Kier alpha value is -1.65. The van der Waals surface area contributed by atoms with Crippen molar-refractivity contribution in [1.29, 1.82) is 0 Å². The SMILES string of the molecule is CN1CCN(C(=O)c2ccc(OC(C)(C)C(C)(C)O)cc2)CC1.OB(O)O. The molecule has 0 atom stereocenters. The second-order valence-electron chi connectivity index (χ2n) is 7.64. The van der Waals surface area contributed by atoms with Crippen LogP contribution in [0, 0.1) is 0 Å². The van der Waals surface area contributed by atoms with Crippen molar-refractivity contribution in [3.8, 4) is 5.75 Å². The highest BCUT2D eigenvalue weighted by Gasteiger charge is 2.37. The van der Waals surface area contributed by atoms with Crippen molar-refractivity contribution in [2.24, 2.45) is 0 Å². The molecule has 152 valence electrons. The zero-order valence-electron chi connectivity index (χ0n) is 16.7. The van der Waals surface area contributed by atoms with Gasteiger partial charge in [-0.15, -0.1) is 0 Å². The van der Waals surface area contributed by atoms with E-state index in [2.05, 4.69) is 11.9 Å². The molecule has 0 aliphatic carbocycles. The molecular weight excluding hydrogens is 351 g/mol. The number of piperazine rings is 1. The summed E-state index contributed by atoms with van der Waals surface area (Å²) in [6.45, 7) is 10.5. The zero-order chi connectivity index (χ0) is 20.8. The van der Waals surface area contributed by atoms with Crippen LogP contribution in [-0.4, -0.2) is 87.6 Å². The van der Waals surface area contributed by atoms with Crippen LogP contribution in [0.5, 0.6) is 5.75 Å². The molecule has 2 rings (SSSR count). The quantitative estimate of drug-likeness (QED) is 0.540. The number of nitrogens with zero attached hydrogens (tertiary/aromatic N) is 2. The highest BCUT2D eigenvalue weighted by Crippen LogP contribution is 2.28. The number of amides is 1. The van der Waals surface area contributed by atoms with Gasteiger partial charge in [0.25, 0.3) is 5.91 Å². The Bertz CT molecular complexity index is 590. The summed E-state index contributed by atoms with van der Waals surface area (Å²) in [7, 11) is -0.0989. The van der Waals surface area contributed by atoms with Crippen LogP contribution in [0.1, 0.15) is 38.1 Å². The van der Waals surface area contributed by atoms with Gasteiger partial charge >= 0.3 is 7.32 Å². The number of carbonyl (C=O) groups excluding carboxylic acids is 1. The summed E-state index contributed by atoms with van der Waals surface area (Å²) >= 11 is 0. The minimum absolute atomic E-state index is 0.0615. The molecule has 0 bridgehead atoms. The number of benzene rings is 1. The second kappa shape index (κ2) is 9.52. The standard InChI is InChI=1S/C18H28N2O3.BH3O3/c1-17(2,22)18(3,4)23-15-8-6-14(7-9-15)16(21)20-12-10-19(5)11-13-20;2-1(3)4/h6-9,22H,10-13H2,1-5H3;2-4H. The molecular formula is C18H31BN2O6. The van der Waals surface area contributed by atoms with E-state index in [0.717, 1.165) is 26.2 Å². The minimum atomic E-state index is -2.17. The van der Waals surface area contributed by atoms with Gasteiger partial charge < -0.3 is 34.7 Å². The van der Waals surface area contributed by atoms with Gasteiger partial charge in [0.05, 0.1) is 5.60 Å². The average Bonchev–Trinajstić information content (AvgIpc) is 2.54. The van der Waals surface area contributed by atoms with Gasteiger partial charge in [0.2, 0.25) is 0 Å². The van der Waals surface area contributed by atoms with E-state index in [0.29, 0.717) is 11.3 Å². The molecule has 1 amide bonds. The average molecular weight is 382 g/mol. The van der Waals surface area contributed by atoms with E-state index in [1.54, 1.807) is 38.1 Å². The lowest BCUT2D eigenvalue weighted by Crippen LogP contribution is -2.49. The van der Waals surface area contributed by atoms with Gasteiger partial charge in [-0.05, 0) is 59.0 Å². The number of aliphatic hydroxyl groups is 1. The lowest BCUT2D eigenvalue weighted by Gasteiger charge is -2.37. The number of hydrogen-bond donors (Lipinski definition) is 4. The monoisotopic (exact) mass is 382 g/mol. The number of carbonyl (C=O) groups is 1. The van der Waals surface area contributed by atoms with Crippen LogP contribution in [-0.2, 0) is 0 Å². The van der Waals surface area contributed by atoms with Gasteiger partial charge in [0, 0.05) is 31.7 Å². The molecule has 1 fully saturated rings. The van der Waals surface area contributed by atoms with Gasteiger partial charge in [-0.3, -0.25) is 4.79 Å². The third kappa shape index (κ3) is 7.47. The Morgan fingerprint density at radius 1 is 1.00 bits per heavy atom. The van der Waals surface area contributed by atoms with Crippen LogP contribution in [0.25, 0.3) is 0 Å². The number of hydrogen-bond acceptors (Lipinski definition) is 7. The highest BCUT2D eigenvalue weighted by molar-refractivity contribution is 6.30. The molecule has 0 saturated carbocycles. The maximum atomic E-state index is 12.5. The Labute approximate surface area is 161 Å². The van der Waals surface area contributed by atoms with Crippen LogP contribution < -0.4 is 4.74 Å². The predicted molar refractivity (Wildman–Crippen MR) is 103 cm³/mol. The maximum Gasteiger partial charge on any atom is 0.631 e. The predicted octanol–water partition coefficient (Wildman–Crippen LogP) is -0.0493. The topological polar surface area (TPSA) is 114 Å². The Morgan fingerprint density at radius 3 is 1.85 bits per heavy atom. The van der Waals surface area contributed by atoms with E-state index < -0.39 is 18.5 Å². The molecule has 1 aromatic rings. The molecule has 9 heteroatoms. The summed E-state index contributed by atoms with van der Waals surface area (Å²) in [5.74, 6) is 0.707. The molecule has 0 spiro atoms. The third-order valence-electron chi connectivity index (χ3n) is 4.74. The fourth-order valence-electron chi connectivity index (χ4n) is 2.28. The normalized spacial score (nSPS) is 15.7. The van der Waals surface area contributed by atoms with Crippen molar-refractivity contribution in [2.75, 3.05) is 33.2 Å². The molecule has 1 aliphatic heterocycles. The van der Waals surface area contributed by atoms with Crippen LogP contribution in [0.15, 0.2) is 24.3 Å². The first-order valence-electron chi connectivity index (χ1n) is 8.87. The third-order valence-corrected chi connectivity index (χ3v) is 4.74. The van der Waals surface area contributed by atoms with Crippen LogP contribution in [0.2, 0.25) is 0 Å². The van der Waals surface area contributed by atoms with Crippen molar-refractivity contribution in [3.05, 3.63) is 29.8 Å². The number of likely N-dealkylation sites (N-methyl/N-ethyl adjacent to an activating group) is 1. The smallest absolute Gasteiger partial charge is 0.485 e. The molecule has 8 nitrogen and oxygen atoms in total. The van der Waals surface area contributed by atoms with Gasteiger partial charge in [-0.25, -0.2) is 0 Å². The van der Waals surface area contributed by atoms with E-state index in [1.807, 2.05) is 18.7 Å². The van der Waals surface area contributed by atoms with Crippen molar-refractivity contribution >= 4 is 13.2 Å². The molecule has 0 aromatic heterocycles. The first-order chi connectivity index (χ1) is 12.3. The van der Waals surface area contributed by atoms with Crippen LogP contribution in [0.3, 0.4) is 0 Å². The van der Waals surface area contributed by atoms with Gasteiger partial charge in [0.1, 0.15) is 11.4 Å². The fourth-order valence-corrected chi connectivity index (χ4v) is 2.28. The summed E-state index contributed by atoms with van der Waals surface area (Å²) < 4.78 is 5.88. The number of rotatable bonds is 4. The van der Waals surface area contributed by atoms with E-state index in [-0.39, 0.29) is 5.91 Å². The summed E-state index contributed by atoms with van der Waals surface area (Å²) in [6, 6.07) is 7.15. The van der Waals surface area contributed by atoms with Crippen LogP contribution in [0.4, 0.5) is 0 Å².